The minimum Gasteiger partial charge on any atom is -0.425 e. The Balaban J connectivity index is 1.02. The highest BCUT2D eigenvalue weighted by Crippen LogP contribution is 2.49. The van der Waals surface area contributed by atoms with Crippen molar-refractivity contribution < 1.29 is 22.7 Å². The van der Waals surface area contributed by atoms with Crippen LogP contribution in [0, 0.1) is 6.92 Å². The Bertz CT molecular complexity index is 981. The van der Waals surface area contributed by atoms with Gasteiger partial charge in [-0.05, 0) is 25.7 Å². The molecule has 5 rings (SSSR count). The molecule has 4 heterocycles. The van der Waals surface area contributed by atoms with Gasteiger partial charge in [-0.1, -0.05) is 0 Å². The molecule has 0 bridgehead atoms. The van der Waals surface area contributed by atoms with Crippen molar-refractivity contribution in [3.8, 4) is 0 Å². The smallest absolute Gasteiger partial charge is 0.249 e. The highest BCUT2D eigenvalue weighted by atomic mass is 32.1. The number of rotatable bonds is 7. The maximum atomic E-state index is 13.2. The van der Waals surface area contributed by atoms with Crippen molar-refractivity contribution in [3.63, 3.8) is 0 Å². The first kappa shape index (κ1) is 22.8. The zero-order valence-corrected chi connectivity index (χ0v) is 19.5. The van der Waals surface area contributed by atoms with Crippen LogP contribution in [-0.4, -0.2) is 63.8 Å². The van der Waals surface area contributed by atoms with Crippen molar-refractivity contribution in [1.29, 1.82) is 0 Å². The molecular weight excluding hydrogens is 452 g/mol. The van der Waals surface area contributed by atoms with Crippen molar-refractivity contribution in [2.75, 3.05) is 19.7 Å². The van der Waals surface area contributed by atoms with Gasteiger partial charge in [-0.15, -0.1) is 21.5 Å². The highest BCUT2D eigenvalue weighted by molar-refractivity contribution is 7.11. The van der Waals surface area contributed by atoms with E-state index >= 15 is 0 Å². The van der Waals surface area contributed by atoms with E-state index in [1.54, 1.807) is 18.3 Å². The van der Waals surface area contributed by atoms with Crippen molar-refractivity contribution in [2.45, 2.75) is 82.4 Å². The first-order chi connectivity index (χ1) is 15.8. The number of nitrogens with zero attached hydrogens (tertiary/aromatic N) is 4. The van der Waals surface area contributed by atoms with Crippen LogP contribution in [0.3, 0.4) is 0 Å². The summed E-state index contributed by atoms with van der Waals surface area (Å²) >= 11 is 1.63. The molecular formula is C22H29F2N5O3S. The average molecular weight is 482 g/mol. The summed E-state index contributed by atoms with van der Waals surface area (Å²) in [5, 5.41) is 11.5. The number of carbonyl (C=O) groups is 1. The molecule has 3 aliphatic rings. The quantitative estimate of drug-likeness (QED) is 0.650. The minimum atomic E-state index is -2.50. The number of aromatic nitrogens is 3. The Morgan fingerprint density at radius 3 is 2.85 bits per heavy atom. The predicted octanol–water partition coefficient (Wildman–Crippen LogP) is 3.00. The number of fused-ring (bicyclic) bond motifs is 1. The van der Waals surface area contributed by atoms with Crippen LogP contribution in [0.1, 0.15) is 65.4 Å². The van der Waals surface area contributed by atoms with E-state index in [1.165, 1.54) is 4.88 Å². The lowest BCUT2D eigenvalue weighted by atomic mass is 9.82. The Hall–Kier alpha value is -1.98. The van der Waals surface area contributed by atoms with Gasteiger partial charge in [0.1, 0.15) is 6.42 Å². The van der Waals surface area contributed by atoms with Gasteiger partial charge in [0, 0.05) is 50.2 Å². The van der Waals surface area contributed by atoms with Crippen LogP contribution in [0.25, 0.3) is 0 Å². The van der Waals surface area contributed by atoms with Gasteiger partial charge < -0.3 is 14.5 Å². The monoisotopic (exact) mass is 481 g/mol. The van der Waals surface area contributed by atoms with Crippen LogP contribution >= 0.6 is 11.3 Å². The second-order valence-electron chi connectivity index (χ2n) is 9.39. The van der Waals surface area contributed by atoms with E-state index < -0.39 is 5.92 Å². The summed E-state index contributed by atoms with van der Waals surface area (Å²) in [6, 6.07) is 0.00243. The maximum absolute atomic E-state index is 13.2. The second kappa shape index (κ2) is 9.34. The lowest BCUT2D eigenvalue weighted by Crippen LogP contribution is -2.44. The van der Waals surface area contributed by atoms with E-state index in [-0.39, 0.29) is 43.2 Å². The third kappa shape index (κ3) is 5.58. The number of carbonyl (C=O) groups excluding carboxylic acids is 1. The van der Waals surface area contributed by atoms with Gasteiger partial charge >= 0.3 is 0 Å². The van der Waals surface area contributed by atoms with E-state index in [2.05, 4.69) is 20.4 Å². The first-order valence-electron chi connectivity index (χ1n) is 11.6. The number of halogens is 2. The van der Waals surface area contributed by atoms with Crippen molar-refractivity contribution in [1.82, 2.24) is 25.4 Å². The van der Waals surface area contributed by atoms with Gasteiger partial charge in [0.25, 0.3) is 0 Å². The Labute approximate surface area is 195 Å². The number of nitrogens with one attached hydrogen (secondary N) is 1. The Morgan fingerprint density at radius 1 is 1.30 bits per heavy atom. The van der Waals surface area contributed by atoms with E-state index in [0.29, 0.717) is 18.4 Å². The molecule has 33 heavy (non-hydrogen) atoms. The summed E-state index contributed by atoms with van der Waals surface area (Å²) in [5.74, 6) is -1.93. The minimum absolute atomic E-state index is 0.00243. The number of ether oxygens (including phenoxy) is 1. The lowest BCUT2D eigenvalue weighted by molar-refractivity contribution is -0.123. The summed E-state index contributed by atoms with van der Waals surface area (Å²) in [6.07, 6.45) is 3.81. The SMILES string of the molecule is Cc1nnc(CC(=O)N[C@H]2CC[C@H](CCN3CCc4sc(C5CC(F)(F)C5)nc4C3)OC2)o1. The summed E-state index contributed by atoms with van der Waals surface area (Å²) in [7, 11) is 0. The zero-order chi connectivity index (χ0) is 23.0. The van der Waals surface area contributed by atoms with Crippen LogP contribution in [0.5, 0.6) is 0 Å². The number of thiazole rings is 1. The molecule has 8 nitrogen and oxygen atoms in total. The van der Waals surface area contributed by atoms with Crippen LogP contribution in [-0.2, 0) is 28.9 Å². The van der Waals surface area contributed by atoms with Crippen molar-refractivity contribution >= 4 is 17.2 Å². The molecule has 1 aliphatic carbocycles. The van der Waals surface area contributed by atoms with Crippen LogP contribution in [0.2, 0.25) is 0 Å². The summed E-state index contributed by atoms with van der Waals surface area (Å²) in [6.45, 7) is 4.88. The Morgan fingerprint density at radius 2 is 2.15 bits per heavy atom. The molecule has 0 unspecified atom stereocenters. The summed E-state index contributed by atoms with van der Waals surface area (Å²) in [5.41, 5.74) is 1.07. The van der Waals surface area contributed by atoms with Crippen molar-refractivity contribution in [3.05, 3.63) is 27.4 Å². The molecule has 1 N–H and O–H groups in total. The number of aryl methyl sites for hydroxylation is 1. The largest absolute Gasteiger partial charge is 0.425 e. The molecule has 1 saturated carbocycles. The molecule has 1 amide bonds. The second-order valence-corrected chi connectivity index (χ2v) is 10.5. The summed E-state index contributed by atoms with van der Waals surface area (Å²) in [4.78, 5) is 20.5. The van der Waals surface area contributed by atoms with Crippen LogP contribution in [0.15, 0.2) is 4.42 Å². The topological polar surface area (TPSA) is 93.4 Å². The number of alkyl halides is 2. The van der Waals surface area contributed by atoms with E-state index in [4.69, 9.17) is 14.1 Å². The molecule has 2 atom stereocenters. The molecule has 0 aromatic carbocycles. The van der Waals surface area contributed by atoms with Gasteiger partial charge in [-0.2, -0.15) is 0 Å². The highest BCUT2D eigenvalue weighted by Gasteiger charge is 2.47. The third-order valence-corrected chi connectivity index (χ3v) is 7.96. The molecule has 11 heteroatoms. The van der Waals surface area contributed by atoms with Gasteiger partial charge in [0.2, 0.25) is 23.6 Å². The van der Waals surface area contributed by atoms with E-state index in [1.807, 2.05) is 0 Å². The molecule has 2 aliphatic heterocycles. The normalized spacial score (nSPS) is 25.4. The number of amides is 1. The third-order valence-electron chi connectivity index (χ3n) is 6.64. The predicted molar refractivity (Wildman–Crippen MR) is 116 cm³/mol. The fourth-order valence-corrected chi connectivity index (χ4v) is 5.94. The molecule has 180 valence electrons. The zero-order valence-electron chi connectivity index (χ0n) is 18.7. The fraction of sp³-hybridized carbons (Fsp3) is 0.727. The van der Waals surface area contributed by atoms with E-state index in [0.717, 1.165) is 56.0 Å². The number of hydrogen-bond donors (Lipinski definition) is 1. The van der Waals surface area contributed by atoms with E-state index in [9.17, 15) is 13.6 Å². The average Bonchev–Trinajstić information content (AvgIpc) is 3.36. The van der Waals surface area contributed by atoms with Gasteiger partial charge in [-0.3, -0.25) is 9.69 Å². The lowest BCUT2D eigenvalue weighted by Gasteiger charge is -2.33. The van der Waals surface area contributed by atoms with Crippen molar-refractivity contribution in [2.24, 2.45) is 0 Å². The number of hydrogen-bond acceptors (Lipinski definition) is 8. The van der Waals surface area contributed by atoms with Crippen LogP contribution < -0.4 is 5.32 Å². The summed E-state index contributed by atoms with van der Waals surface area (Å²) < 4.78 is 37.7. The first-order valence-corrected chi connectivity index (χ1v) is 12.4. The molecule has 2 fully saturated rings. The maximum Gasteiger partial charge on any atom is 0.249 e. The van der Waals surface area contributed by atoms with Gasteiger partial charge in [0.15, 0.2) is 0 Å². The molecule has 0 spiro atoms. The Kier molecular flexibility index (Phi) is 6.45. The molecule has 2 aromatic rings. The standard InChI is InChI=1S/C22H29F2N5O3S/c1-13-27-28-20(32-13)8-19(30)25-15-2-3-16(31-12-15)4-6-29-7-5-18-17(11-29)26-21(33-18)14-9-22(23,24)10-14/h14-16H,2-12H2,1H3,(H,25,30)/t15-,16+/m0/s1. The fourth-order valence-electron chi connectivity index (χ4n) is 4.77. The van der Waals surface area contributed by atoms with Crippen LogP contribution in [0.4, 0.5) is 8.78 Å². The molecule has 1 saturated heterocycles. The molecule has 0 radical (unpaired) electrons. The van der Waals surface area contributed by atoms with Gasteiger partial charge in [0.05, 0.1) is 29.5 Å². The van der Waals surface area contributed by atoms with Gasteiger partial charge in [-0.25, -0.2) is 13.8 Å². The molecule has 2 aromatic heterocycles.